The Labute approximate surface area is 228 Å². The molecule has 14 heteroatoms. The highest BCUT2D eigenvalue weighted by atomic mass is 32.2. The molecular weight excluding hydrogens is 526 g/mol. The zero-order valence-electron chi connectivity index (χ0n) is 21.3. The second kappa shape index (κ2) is 14.3. The number of nitrogens with two attached hydrogens (primary N) is 1. The smallest absolute Gasteiger partial charge is 0.326 e. The molecule has 0 aliphatic rings. The van der Waals surface area contributed by atoms with E-state index >= 15 is 0 Å². The quantitative estimate of drug-likeness (QED) is 0.118. The second-order valence-corrected chi connectivity index (χ2v) is 9.92. The number of amides is 3. The second-order valence-electron chi connectivity index (χ2n) is 8.94. The van der Waals surface area contributed by atoms with Gasteiger partial charge in [0.05, 0.1) is 19.0 Å². The van der Waals surface area contributed by atoms with Crippen molar-refractivity contribution in [1.29, 1.82) is 0 Å². The van der Waals surface area contributed by atoms with Gasteiger partial charge in [0.25, 0.3) is 0 Å². The average Bonchev–Trinajstić information content (AvgIpc) is 3.59. The monoisotopic (exact) mass is 559 g/mol. The molecule has 13 nitrogen and oxygen atoms in total. The van der Waals surface area contributed by atoms with E-state index in [0.29, 0.717) is 11.4 Å². The van der Waals surface area contributed by atoms with Crippen molar-refractivity contribution in [3.63, 3.8) is 0 Å². The van der Waals surface area contributed by atoms with Crippen molar-refractivity contribution in [1.82, 2.24) is 30.9 Å². The van der Waals surface area contributed by atoms with Crippen molar-refractivity contribution < 1.29 is 29.4 Å². The van der Waals surface area contributed by atoms with Crippen molar-refractivity contribution in [2.24, 2.45) is 5.73 Å². The van der Waals surface area contributed by atoms with Gasteiger partial charge in [0.15, 0.2) is 0 Å². The molecule has 39 heavy (non-hydrogen) atoms. The lowest BCUT2D eigenvalue weighted by Crippen LogP contribution is -2.58. The third-order valence-electron chi connectivity index (χ3n) is 6.10. The Morgan fingerprint density at radius 3 is 2.36 bits per heavy atom. The summed E-state index contributed by atoms with van der Waals surface area (Å²) in [5.74, 6) is -2.92. The first-order valence-corrected chi connectivity index (χ1v) is 13.6. The number of aliphatic hydroxyl groups is 1. The topological polar surface area (TPSA) is 215 Å². The molecule has 0 saturated heterocycles. The first-order valence-electron chi connectivity index (χ1n) is 12.2. The predicted octanol–water partition coefficient (Wildman–Crippen LogP) is -0.712. The third-order valence-corrected chi connectivity index (χ3v) is 6.75. The number of carbonyl (C=O) groups excluding carboxylic acids is 3. The van der Waals surface area contributed by atoms with Crippen LogP contribution in [-0.2, 0) is 32.0 Å². The number of imidazole rings is 1. The number of carboxylic acid groups (broad SMARTS) is 1. The molecule has 3 amide bonds. The van der Waals surface area contributed by atoms with Crippen molar-refractivity contribution >= 4 is 46.4 Å². The number of carbonyl (C=O) groups is 4. The van der Waals surface area contributed by atoms with E-state index in [9.17, 15) is 29.4 Å². The van der Waals surface area contributed by atoms with Crippen LogP contribution in [0.15, 0.2) is 43.0 Å². The summed E-state index contributed by atoms with van der Waals surface area (Å²) in [6.45, 7) is -0.730. The van der Waals surface area contributed by atoms with E-state index in [4.69, 9.17) is 5.73 Å². The summed E-state index contributed by atoms with van der Waals surface area (Å²) < 4.78 is 0. The molecule has 1 aromatic carbocycles. The molecule has 4 atom stereocenters. The molecular formula is C25H33N7O6S. The Morgan fingerprint density at radius 2 is 1.69 bits per heavy atom. The van der Waals surface area contributed by atoms with Gasteiger partial charge in [-0.2, -0.15) is 11.8 Å². The summed E-state index contributed by atoms with van der Waals surface area (Å²) in [5, 5.41) is 27.7. The van der Waals surface area contributed by atoms with Crippen LogP contribution in [0.5, 0.6) is 0 Å². The van der Waals surface area contributed by atoms with Crippen LogP contribution in [0.3, 0.4) is 0 Å². The van der Waals surface area contributed by atoms with E-state index in [1.54, 1.807) is 6.20 Å². The van der Waals surface area contributed by atoms with Gasteiger partial charge in [-0.25, -0.2) is 9.78 Å². The number of H-pyrrole nitrogens is 2. The predicted molar refractivity (Wildman–Crippen MR) is 146 cm³/mol. The van der Waals surface area contributed by atoms with Crippen molar-refractivity contribution in [2.75, 3.05) is 18.6 Å². The number of carboxylic acids is 1. The van der Waals surface area contributed by atoms with Gasteiger partial charge < -0.3 is 41.9 Å². The number of aromatic nitrogens is 3. The van der Waals surface area contributed by atoms with Crippen LogP contribution in [0.25, 0.3) is 10.9 Å². The molecule has 2 aromatic heterocycles. The number of thioether (sulfide) groups is 1. The normalized spacial score (nSPS) is 14.2. The minimum Gasteiger partial charge on any atom is -0.480 e. The number of para-hydroxylation sites is 1. The fourth-order valence-electron chi connectivity index (χ4n) is 3.97. The van der Waals surface area contributed by atoms with Gasteiger partial charge in [-0.15, -0.1) is 0 Å². The average molecular weight is 560 g/mol. The highest BCUT2D eigenvalue weighted by Gasteiger charge is 2.30. The van der Waals surface area contributed by atoms with E-state index in [2.05, 4.69) is 30.9 Å². The van der Waals surface area contributed by atoms with Gasteiger partial charge >= 0.3 is 5.97 Å². The van der Waals surface area contributed by atoms with Gasteiger partial charge in [-0.05, 0) is 36.5 Å². The van der Waals surface area contributed by atoms with Gasteiger partial charge in [-0.1, -0.05) is 18.2 Å². The Hall–Kier alpha value is -3.88. The van der Waals surface area contributed by atoms with E-state index in [1.165, 1.54) is 24.3 Å². The minimum absolute atomic E-state index is 0.0338. The SMILES string of the molecule is CSCCC(NC(=O)C(CO)NC(=O)C(N)Cc1c[nH]c2ccccc12)C(=O)NC(Cc1cnc[nH]1)C(=O)O. The molecule has 0 saturated carbocycles. The molecule has 3 aromatic rings. The first-order chi connectivity index (χ1) is 18.7. The molecule has 0 aliphatic carbocycles. The van der Waals surface area contributed by atoms with E-state index in [1.807, 2.05) is 30.5 Å². The van der Waals surface area contributed by atoms with Gasteiger partial charge in [-0.3, -0.25) is 14.4 Å². The number of rotatable bonds is 15. The molecule has 0 fully saturated rings. The third kappa shape index (κ3) is 8.30. The molecule has 0 bridgehead atoms. The molecule has 0 spiro atoms. The van der Waals surface area contributed by atoms with Crippen molar-refractivity contribution in [2.45, 2.75) is 43.4 Å². The molecule has 3 rings (SSSR count). The van der Waals surface area contributed by atoms with Gasteiger partial charge in [0.1, 0.15) is 18.1 Å². The van der Waals surface area contributed by atoms with Gasteiger partial charge in [0.2, 0.25) is 17.7 Å². The standard InChI is InChI=1S/C25H33N7O6S/c1-39-7-6-19(23(35)31-20(25(37)38)9-15-11-27-13-29-15)30-24(36)21(12-33)32-22(34)17(26)8-14-10-28-18-5-3-2-4-16(14)18/h2-5,10-11,13,17,19-21,28,33H,6-9,12,26H2,1H3,(H,27,29)(H,30,36)(H,31,35)(H,32,34)(H,37,38). The zero-order chi connectivity index (χ0) is 28.4. The Morgan fingerprint density at radius 1 is 1.00 bits per heavy atom. The summed E-state index contributed by atoms with van der Waals surface area (Å²) >= 11 is 1.44. The molecule has 4 unspecified atom stereocenters. The van der Waals surface area contributed by atoms with E-state index in [0.717, 1.165) is 16.5 Å². The van der Waals surface area contributed by atoms with Crippen LogP contribution in [0.1, 0.15) is 17.7 Å². The zero-order valence-corrected chi connectivity index (χ0v) is 22.2. The number of nitrogens with one attached hydrogen (secondary N) is 5. The fraction of sp³-hybridized carbons (Fsp3) is 0.400. The maximum absolute atomic E-state index is 13.0. The Balaban J connectivity index is 1.61. The number of aliphatic hydroxyl groups excluding tert-OH is 1. The number of benzene rings is 1. The maximum Gasteiger partial charge on any atom is 0.326 e. The maximum atomic E-state index is 13.0. The number of aliphatic carboxylic acids is 1. The first kappa shape index (κ1) is 29.7. The number of hydrogen-bond acceptors (Lipinski definition) is 8. The summed E-state index contributed by atoms with van der Waals surface area (Å²) in [6.07, 6.45) is 6.79. The lowest BCUT2D eigenvalue weighted by molar-refractivity contribution is -0.142. The molecule has 0 radical (unpaired) electrons. The van der Waals surface area contributed by atoms with Crippen LogP contribution in [0.2, 0.25) is 0 Å². The Kier molecular flexibility index (Phi) is 10.9. The largest absolute Gasteiger partial charge is 0.480 e. The molecule has 0 aliphatic heterocycles. The molecule has 2 heterocycles. The van der Waals surface area contributed by atoms with Crippen LogP contribution >= 0.6 is 11.8 Å². The van der Waals surface area contributed by atoms with Gasteiger partial charge in [0, 0.05) is 35.4 Å². The number of nitrogens with zero attached hydrogens (tertiary/aromatic N) is 1. The van der Waals surface area contributed by atoms with E-state index in [-0.39, 0.29) is 19.3 Å². The molecule has 210 valence electrons. The van der Waals surface area contributed by atoms with Crippen LogP contribution < -0.4 is 21.7 Å². The lowest BCUT2D eigenvalue weighted by Gasteiger charge is -2.24. The van der Waals surface area contributed by atoms with Crippen molar-refractivity contribution in [3.05, 3.63) is 54.2 Å². The summed E-state index contributed by atoms with van der Waals surface area (Å²) in [4.78, 5) is 60.1. The van der Waals surface area contributed by atoms with Crippen LogP contribution in [0.4, 0.5) is 0 Å². The summed E-state index contributed by atoms with van der Waals surface area (Å²) in [5.41, 5.74) is 8.33. The van der Waals surface area contributed by atoms with Crippen LogP contribution in [0, 0.1) is 0 Å². The highest BCUT2D eigenvalue weighted by Crippen LogP contribution is 2.18. The molecule has 9 N–H and O–H groups in total. The number of fused-ring (bicyclic) bond motifs is 1. The van der Waals surface area contributed by atoms with Crippen molar-refractivity contribution in [3.8, 4) is 0 Å². The van der Waals surface area contributed by atoms with E-state index < -0.39 is 54.5 Å². The Bertz CT molecular complexity index is 1260. The fourth-order valence-corrected chi connectivity index (χ4v) is 4.44. The summed E-state index contributed by atoms with van der Waals surface area (Å²) in [7, 11) is 0. The van der Waals surface area contributed by atoms with Crippen LogP contribution in [-0.4, -0.2) is 91.6 Å². The number of hydrogen-bond donors (Lipinski definition) is 8. The highest BCUT2D eigenvalue weighted by molar-refractivity contribution is 7.98. The summed E-state index contributed by atoms with van der Waals surface area (Å²) in [6, 6.07) is 2.83. The minimum atomic E-state index is -1.36. The lowest BCUT2D eigenvalue weighted by atomic mass is 10.0. The number of aromatic amines is 2.